The second-order valence-corrected chi connectivity index (χ2v) is 7.20. The number of benzene rings is 1. The van der Waals surface area contributed by atoms with E-state index in [0.717, 1.165) is 17.0 Å². The van der Waals surface area contributed by atoms with Crippen LogP contribution in [0.1, 0.15) is 23.4 Å². The Morgan fingerprint density at radius 1 is 1.30 bits per heavy atom. The average Bonchev–Trinajstić information content (AvgIpc) is 2.82. The summed E-state index contributed by atoms with van der Waals surface area (Å²) in [5, 5.41) is 17.2. The van der Waals surface area contributed by atoms with Crippen LogP contribution in [0.4, 0.5) is 5.69 Å². The van der Waals surface area contributed by atoms with Gasteiger partial charge in [-0.15, -0.1) is 0 Å². The van der Waals surface area contributed by atoms with Crippen LogP contribution in [0.15, 0.2) is 24.3 Å². The molecule has 7 nitrogen and oxygen atoms in total. The Balaban J connectivity index is 1.96. The fourth-order valence-electron chi connectivity index (χ4n) is 2.96. The molecule has 2 N–H and O–H groups in total. The smallest absolute Gasteiger partial charge is 0.308 e. The number of hydrogen-bond donors (Lipinski definition) is 2. The van der Waals surface area contributed by atoms with E-state index in [4.69, 9.17) is 11.6 Å². The number of carboxylic acids is 1. The second kappa shape index (κ2) is 9.01. The molecule has 0 aliphatic heterocycles. The van der Waals surface area contributed by atoms with Crippen LogP contribution in [-0.2, 0) is 23.2 Å². The lowest BCUT2D eigenvalue weighted by molar-refractivity contribution is -0.144. The fourth-order valence-corrected chi connectivity index (χ4v) is 3.08. The van der Waals surface area contributed by atoms with E-state index in [1.54, 1.807) is 24.3 Å². The SMILES string of the molecule is Cc1nn(C)c(C)c1CN(C)CC(CC(=O)Nc1ccc(Cl)cc1)C(=O)O. The van der Waals surface area contributed by atoms with Crippen LogP contribution in [-0.4, -0.2) is 45.3 Å². The van der Waals surface area contributed by atoms with Crippen molar-refractivity contribution in [3.05, 3.63) is 46.2 Å². The molecule has 1 aromatic heterocycles. The number of rotatable bonds is 8. The largest absolute Gasteiger partial charge is 0.481 e. The van der Waals surface area contributed by atoms with Crippen molar-refractivity contribution in [1.82, 2.24) is 14.7 Å². The minimum absolute atomic E-state index is 0.104. The molecule has 1 heterocycles. The lowest BCUT2D eigenvalue weighted by Crippen LogP contribution is -2.33. The van der Waals surface area contributed by atoms with Crippen LogP contribution in [0.3, 0.4) is 0 Å². The monoisotopic (exact) mass is 392 g/mol. The van der Waals surface area contributed by atoms with Crippen LogP contribution in [0.25, 0.3) is 0 Å². The molecular formula is C19H25ClN4O3. The summed E-state index contributed by atoms with van der Waals surface area (Å²) < 4.78 is 1.81. The van der Waals surface area contributed by atoms with Crippen molar-refractivity contribution in [2.45, 2.75) is 26.8 Å². The van der Waals surface area contributed by atoms with Crippen molar-refractivity contribution in [3.8, 4) is 0 Å². The zero-order chi connectivity index (χ0) is 20.1. The highest BCUT2D eigenvalue weighted by Gasteiger charge is 2.24. The number of hydrogen-bond acceptors (Lipinski definition) is 4. The number of aromatic nitrogens is 2. The van der Waals surface area contributed by atoms with Crippen molar-refractivity contribution in [2.24, 2.45) is 13.0 Å². The highest BCUT2D eigenvalue weighted by Crippen LogP contribution is 2.17. The Labute approximate surface area is 163 Å². The lowest BCUT2D eigenvalue weighted by atomic mass is 10.0. The number of nitrogens with zero attached hydrogens (tertiary/aromatic N) is 3. The first kappa shape index (κ1) is 20.9. The van der Waals surface area contributed by atoms with Gasteiger partial charge < -0.3 is 15.3 Å². The van der Waals surface area contributed by atoms with Crippen LogP contribution < -0.4 is 5.32 Å². The Morgan fingerprint density at radius 2 is 1.93 bits per heavy atom. The molecular weight excluding hydrogens is 368 g/mol. The van der Waals surface area contributed by atoms with Gasteiger partial charge in [0.2, 0.25) is 5.91 Å². The predicted octanol–water partition coefficient (Wildman–Crippen LogP) is 2.85. The Kier molecular flexibility index (Phi) is 6.98. The number of carbonyl (C=O) groups is 2. The first-order valence-electron chi connectivity index (χ1n) is 8.63. The molecule has 146 valence electrons. The van der Waals surface area contributed by atoms with Gasteiger partial charge in [-0.3, -0.25) is 14.3 Å². The van der Waals surface area contributed by atoms with Crippen LogP contribution >= 0.6 is 11.6 Å². The van der Waals surface area contributed by atoms with Crippen molar-refractivity contribution < 1.29 is 14.7 Å². The third-order valence-electron chi connectivity index (χ3n) is 4.53. The van der Waals surface area contributed by atoms with Gasteiger partial charge in [0, 0.05) is 48.5 Å². The summed E-state index contributed by atoms with van der Waals surface area (Å²) in [6.45, 7) is 4.76. The van der Waals surface area contributed by atoms with Gasteiger partial charge in [0.25, 0.3) is 0 Å². The van der Waals surface area contributed by atoms with Crippen LogP contribution in [0, 0.1) is 19.8 Å². The van der Waals surface area contributed by atoms with Gasteiger partial charge in [-0.05, 0) is 45.2 Å². The van der Waals surface area contributed by atoms with E-state index < -0.39 is 11.9 Å². The summed E-state index contributed by atoms with van der Waals surface area (Å²) in [5.41, 5.74) is 3.64. The first-order chi connectivity index (χ1) is 12.7. The molecule has 0 saturated heterocycles. The zero-order valence-corrected chi connectivity index (χ0v) is 16.7. The molecule has 1 atom stereocenters. The maximum absolute atomic E-state index is 12.2. The van der Waals surface area contributed by atoms with E-state index in [9.17, 15) is 14.7 Å². The van der Waals surface area contributed by atoms with E-state index in [0.29, 0.717) is 17.3 Å². The Hall–Kier alpha value is -2.38. The average molecular weight is 393 g/mol. The van der Waals surface area contributed by atoms with Crippen LogP contribution in [0.5, 0.6) is 0 Å². The maximum Gasteiger partial charge on any atom is 0.308 e. The molecule has 1 amide bonds. The minimum atomic E-state index is -0.993. The Bertz CT molecular complexity index is 817. The molecule has 2 rings (SSSR count). The minimum Gasteiger partial charge on any atom is -0.481 e. The Morgan fingerprint density at radius 3 is 2.44 bits per heavy atom. The van der Waals surface area contributed by atoms with Crippen LogP contribution in [0.2, 0.25) is 5.02 Å². The van der Waals surface area contributed by atoms with Gasteiger partial charge in [-0.25, -0.2) is 0 Å². The van der Waals surface area contributed by atoms with Gasteiger partial charge in [0.05, 0.1) is 11.6 Å². The van der Waals surface area contributed by atoms with E-state index in [1.165, 1.54) is 0 Å². The van der Waals surface area contributed by atoms with Crippen molar-refractivity contribution in [2.75, 3.05) is 18.9 Å². The summed E-state index contributed by atoms with van der Waals surface area (Å²) in [6, 6.07) is 6.68. The molecule has 1 aromatic carbocycles. The first-order valence-corrected chi connectivity index (χ1v) is 9.01. The number of anilines is 1. The van der Waals surface area contributed by atoms with E-state index in [1.807, 2.05) is 37.5 Å². The summed E-state index contributed by atoms with van der Waals surface area (Å²) >= 11 is 5.82. The second-order valence-electron chi connectivity index (χ2n) is 6.76. The van der Waals surface area contributed by atoms with Gasteiger partial charge in [0.15, 0.2) is 0 Å². The van der Waals surface area contributed by atoms with E-state index in [2.05, 4.69) is 10.4 Å². The summed E-state index contributed by atoms with van der Waals surface area (Å²) in [5.74, 6) is -2.14. The maximum atomic E-state index is 12.2. The number of amides is 1. The summed E-state index contributed by atoms with van der Waals surface area (Å²) in [4.78, 5) is 25.7. The molecule has 0 aliphatic rings. The number of halogens is 1. The fraction of sp³-hybridized carbons (Fsp3) is 0.421. The molecule has 0 radical (unpaired) electrons. The molecule has 0 bridgehead atoms. The van der Waals surface area contributed by atoms with Crippen molar-refractivity contribution >= 4 is 29.2 Å². The van der Waals surface area contributed by atoms with E-state index in [-0.39, 0.29) is 18.9 Å². The van der Waals surface area contributed by atoms with E-state index >= 15 is 0 Å². The number of carboxylic acid groups (broad SMARTS) is 1. The molecule has 0 spiro atoms. The van der Waals surface area contributed by atoms with Crippen molar-refractivity contribution in [3.63, 3.8) is 0 Å². The quantitative estimate of drug-likeness (QED) is 0.721. The topological polar surface area (TPSA) is 87.5 Å². The molecule has 0 aliphatic carbocycles. The normalized spacial score (nSPS) is 12.2. The lowest BCUT2D eigenvalue weighted by Gasteiger charge is -2.21. The third kappa shape index (κ3) is 5.80. The molecule has 0 fully saturated rings. The molecule has 1 unspecified atom stereocenters. The third-order valence-corrected chi connectivity index (χ3v) is 4.78. The highest BCUT2D eigenvalue weighted by molar-refractivity contribution is 6.30. The number of aliphatic carboxylic acids is 1. The number of carbonyl (C=O) groups excluding carboxylic acids is 1. The summed E-state index contributed by atoms with van der Waals surface area (Å²) in [7, 11) is 3.73. The van der Waals surface area contributed by atoms with Crippen molar-refractivity contribution in [1.29, 1.82) is 0 Å². The highest BCUT2D eigenvalue weighted by atomic mass is 35.5. The predicted molar refractivity (Wildman–Crippen MR) is 105 cm³/mol. The molecule has 8 heteroatoms. The molecule has 0 saturated carbocycles. The zero-order valence-electron chi connectivity index (χ0n) is 16.0. The van der Waals surface area contributed by atoms with Gasteiger partial charge in [0.1, 0.15) is 0 Å². The molecule has 27 heavy (non-hydrogen) atoms. The van der Waals surface area contributed by atoms with Gasteiger partial charge in [-0.2, -0.15) is 5.10 Å². The van der Waals surface area contributed by atoms with Gasteiger partial charge >= 0.3 is 5.97 Å². The number of nitrogens with one attached hydrogen (secondary N) is 1. The molecule has 2 aromatic rings. The van der Waals surface area contributed by atoms with Gasteiger partial charge in [-0.1, -0.05) is 11.6 Å². The standard InChI is InChI=1S/C19H25ClN4O3/c1-12-17(13(2)24(4)22-12)11-23(3)10-14(19(26)27)9-18(25)21-16-7-5-15(20)6-8-16/h5-8,14H,9-11H2,1-4H3,(H,21,25)(H,26,27). The summed E-state index contributed by atoms with van der Waals surface area (Å²) in [6.07, 6.45) is -0.104. The number of aryl methyl sites for hydroxylation is 2.